The number of nitrogens with two attached hydrogens (primary N) is 1. The van der Waals surface area contributed by atoms with Crippen molar-refractivity contribution in [2.45, 2.75) is 16.2 Å². The summed E-state index contributed by atoms with van der Waals surface area (Å²) in [7, 11) is 0. The number of benzene rings is 3. The smallest absolute Gasteiger partial charge is 0.149 e. The molecule has 5 rings (SSSR count). The minimum Gasteiger partial charge on any atom is -0.455 e. The molecule has 1 aliphatic heterocycles. The van der Waals surface area contributed by atoms with Gasteiger partial charge >= 0.3 is 0 Å². The van der Waals surface area contributed by atoms with Crippen molar-refractivity contribution in [1.29, 1.82) is 0 Å². The molecule has 136 valence electrons. The van der Waals surface area contributed by atoms with Crippen LogP contribution in [0.15, 0.2) is 88.7 Å². The molecule has 2 N–H and O–H groups in total. The molecule has 0 radical (unpaired) electrons. The molecular weight excluding hydrogens is 366 g/mol. The molecule has 0 fully saturated rings. The first-order valence-corrected chi connectivity index (χ1v) is 9.83. The SMILES string of the molecule is Nc1nnc(-c2ccc3c(c2)Sc2ccccc2O3)cc1Cc1ccccc1. The normalized spacial score (nSPS) is 12.0. The first-order chi connectivity index (χ1) is 13.8. The molecule has 4 nitrogen and oxygen atoms in total. The molecule has 28 heavy (non-hydrogen) atoms. The predicted molar refractivity (Wildman–Crippen MR) is 112 cm³/mol. The van der Waals surface area contributed by atoms with E-state index in [4.69, 9.17) is 10.5 Å². The maximum absolute atomic E-state index is 6.08. The Morgan fingerprint density at radius 3 is 2.46 bits per heavy atom. The number of aromatic nitrogens is 2. The van der Waals surface area contributed by atoms with Crippen molar-refractivity contribution >= 4 is 17.6 Å². The number of anilines is 1. The van der Waals surface area contributed by atoms with E-state index in [0.29, 0.717) is 5.82 Å². The Bertz CT molecular complexity index is 1150. The predicted octanol–water partition coefficient (Wildman–Crippen LogP) is 5.57. The highest BCUT2D eigenvalue weighted by molar-refractivity contribution is 7.99. The fourth-order valence-electron chi connectivity index (χ4n) is 3.23. The average Bonchev–Trinajstić information content (AvgIpc) is 2.74. The third kappa shape index (κ3) is 3.21. The van der Waals surface area contributed by atoms with E-state index in [1.807, 2.05) is 54.6 Å². The number of hydrogen-bond donors (Lipinski definition) is 1. The lowest BCUT2D eigenvalue weighted by molar-refractivity contribution is 0.454. The van der Waals surface area contributed by atoms with E-state index < -0.39 is 0 Å². The van der Waals surface area contributed by atoms with Gasteiger partial charge in [-0.1, -0.05) is 54.2 Å². The van der Waals surface area contributed by atoms with E-state index in [2.05, 4.69) is 34.5 Å². The molecular formula is C23H17N3OS. The van der Waals surface area contributed by atoms with E-state index >= 15 is 0 Å². The quantitative estimate of drug-likeness (QED) is 0.441. The van der Waals surface area contributed by atoms with E-state index in [9.17, 15) is 0 Å². The van der Waals surface area contributed by atoms with Crippen LogP contribution in [0.3, 0.4) is 0 Å². The van der Waals surface area contributed by atoms with Gasteiger partial charge in [-0.3, -0.25) is 0 Å². The Labute approximate surface area is 167 Å². The zero-order valence-electron chi connectivity index (χ0n) is 15.0. The standard InChI is InChI=1S/C23H17N3OS/c24-23-17(12-15-6-2-1-3-7-15)13-18(25-26-23)16-10-11-20-22(14-16)28-21-9-5-4-8-19(21)27-20/h1-11,13-14H,12H2,(H2,24,26). The summed E-state index contributed by atoms with van der Waals surface area (Å²) in [5.74, 6) is 2.22. The van der Waals surface area contributed by atoms with Crippen LogP contribution < -0.4 is 10.5 Å². The Morgan fingerprint density at radius 1 is 0.786 bits per heavy atom. The van der Waals surface area contributed by atoms with Crippen LogP contribution in [0.4, 0.5) is 5.82 Å². The fourth-order valence-corrected chi connectivity index (χ4v) is 4.22. The van der Waals surface area contributed by atoms with Gasteiger partial charge in [0.1, 0.15) is 17.3 Å². The summed E-state index contributed by atoms with van der Waals surface area (Å²) in [5.41, 5.74) is 10.1. The van der Waals surface area contributed by atoms with Crippen LogP contribution in [-0.4, -0.2) is 10.2 Å². The molecule has 0 saturated carbocycles. The molecule has 0 saturated heterocycles. The second-order valence-corrected chi connectivity index (χ2v) is 7.70. The van der Waals surface area contributed by atoms with Crippen LogP contribution in [0, 0.1) is 0 Å². The third-order valence-electron chi connectivity index (χ3n) is 4.67. The average molecular weight is 383 g/mol. The van der Waals surface area contributed by atoms with Gasteiger partial charge in [0.25, 0.3) is 0 Å². The van der Waals surface area contributed by atoms with Gasteiger partial charge < -0.3 is 10.5 Å². The second-order valence-electron chi connectivity index (χ2n) is 6.61. The molecule has 0 aliphatic carbocycles. The van der Waals surface area contributed by atoms with Crippen LogP contribution in [-0.2, 0) is 6.42 Å². The lowest BCUT2D eigenvalue weighted by atomic mass is 10.0. The van der Waals surface area contributed by atoms with Gasteiger partial charge in [-0.25, -0.2) is 0 Å². The van der Waals surface area contributed by atoms with Gasteiger partial charge in [-0.15, -0.1) is 10.2 Å². The molecule has 0 unspecified atom stereocenters. The third-order valence-corrected chi connectivity index (χ3v) is 5.77. The minimum absolute atomic E-state index is 0.470. The van der Waals surface area contributed by atoms with E-state index in [-0.39, 0.29) is 0 Å². The van der Waals surface area contributed by atoms with Crippen molar-refractivity contribution in [3.8, 4) is 22.8 Å². The molecule has 0 atom stereocenters. The van der Waals surface area contributed by atoms with Gasteiger partial charge in [0.15, 0.2) is 0 Å². The van der Waals surface area contributed by atoms with Crippen LogP contribution in [0.25, 0.3) is 11.3 Å². The molecule has 0 amide bonds. The van der Waals surface area contributed by atoms with Crippen molar-refractivity contribution in [3.63, 3.8) is 0 Å². The van der Waals surface area contributed by atoms with E-state index in [1.165, 1.54) is 5.56 Å². The highest BCUT2D eigenvalue weighted by atomic mass is 32.2. The number of para-hydroxylation sites is 1. The Balaban J connectivity index is 1.48. The summed E-state index contributed by atoms with van der Waals surface area (Å²) in [4.78, 5) is 2.18. The minimum atomic E-state index is 0.470. The zero-order valence-corrected chi connectivity index (χ0v) is 15.8. The van der Waals surface area contributed by atoms with Crippen LogP contribution in [0.5, 0.6) is 11.5 Å². The molecule has 3 aromatic carbocycles. The number of rotatable bonds is 3. The highest BCUT2D eigenvalue weighted by Crippen LogP contribution is 2.47. The van der Waals surface area contributed by atoms with Gasteiger partial charge in [0.2, 0.25) is 0 Å². The number of nitrogen functional groups attached to an aromatic ring is 1. The van der Waals surface area contributed by atoms with E-state index in [1.54, 1.807) is 11.8 Å². The number of nitrogens with zero attached hydrogens (tertiary/aromatic N) is 2. The van der Waals surface area contributed by atoms with E-state index in [0.717, 1.165) is 44.5 Å². The summed E-state index contributed by atoms with van der Waals surface area (Å²) >= 11 is 1.70. The van der Waals surface area contributed by atoms with Crippen LogP contribution in [0.2, 0.25) is 0 Å². The number of ether oxygens (including phenoxy) is 1. The first kappa shape index (κ1) is 16.8. The maximum atomic E-state index is 6.08. The van der Waals surface area contributed by atoms with Crippen LogP contribution >= 0.6 is 11.8 Å². The highest BCUT2D eigenvalue weighted by Gasteiger charge is 2.18. The summed E-state index contributed by atoms with van der Waals surface area (Å²) < 4.78 is 6.01. The molecule has 0 spiro atoms. The summed E-state index contributed by atoms with van der Waals surface area (Å²) in [5, 5.41) is 8.51. The molecule has 2 heterocycles. The van der Waals surface area contributed by atoms with Crippen molar-refractivity contribution in [1.82, 2.24) is 10.2 Å². The first-order valence-electron chi connectivity index (χ1n) is 9.01. The lowest BCUT2D eigenvalue weighted by Gasteiger charge is -2.20. The fraction of sp³-hybridized carbons (Fsp3) is 0.0435. The largest absolute Gasteiger partial charge is 0.455 e. The van der Waals surface area contributed by atoms with Crippen molar-refractivity contribution < 1.29 is 4.74 Å². The molecule has 1 aliphatic rings. The van der Waals surface area contributed by atoms with Crippen molar-refractivity contribution in [2.24, 2.45) is 0 Å². The molecule has 1 aromatic heterocycles. The molecule has 0 bridgehead atoms. The van der Waals surface area contributed by atoms with Crippen LogP contribution in [0.1, 0.15) is 11.1 Å². The van der Waals surface area contributed by atoms with Gasteiger partial charge in [-0.05, 0) is 42.0 Å². The van der Waals surface area contributed by atoms with Gasteiger partial charge in [-0.2, -0.15) is 0 Å². The molecule has 4 aromatic rings. The Morgan fingerprint density at radius 2 is 1.57 bits per heavy atom. The van der Waals surface area contributed by atoms with Gasteiger partial charge in [0.05, 0.1) is 15.5 Å². The van der Waals surface area contributed by atoms with Crippen molar-refractivity contribution in [3.05, 3.63) is 90.0 Å². The van der Waals surface area contributed by atoms with Gasteiger partial charge in [0, 0.05) is 17.5 Å². The maximum Gasteiger partial charge on any atom is 0.149 e. The summed E-state index contributed by atoms with van der Waals surface area (Å²) in [6.45, 7) is 0. The number of hydrogen-bond acceptors (Lipinski definition) is 5. The zero-order chi connectivity index (χ0) is 18.9. The lowest BCUT2D eigenvalue weighted by Crippen LogP contribution is -2.02. The summed E-state index contributed by atoms with van der Waals surface area (Å²) in [6.07, 6.45) is 0.728. The molecule has 5 heteroatoms. The number of fused-ring (bicyclic) bond motifs is 2. The summed E-state index contributed by atoms with van der Waals surface area (Å²) in [6, 6.07) is 26.4. The second kappa shape index (κ2) is 7.02. The Kier molecular flexibility index (Phi) is 4.22. The monoisotopic (exact) mass is 383 g/mol. The Hall–Kier alpha value is -3.31. The topological polar surface area (TPSA) is 61.0 Å². The van der Waals surface area contributed by atoms with Crippen molar-refractivity contribution in [2.75, 3.05) is 5.73 Å².